The molecule has 0 spiro atoms. The van der Waals surface area contributed by atoms with E-state index >= 15 is 0 Å². The third-order valence-corrected chi connectivity index (χ3v) is 13.0. The van der Waals surface area contributed by atoms with Gasteiger partial charge in [0.25, 0.3) is 0 Å². The van der Waals surface area contributed by atoms with Gasteiger partial charge in [0.05, 0.1) is 16.8 Å². The molecule has 1 aliphatic carbocycles. The quantitative estimate of drug-likeness (QED) is 0.170. The summed E-state index contributed by atoms with van der Waals surface area (Å²) in [6.07, 6.45) is 6.49. The van der Waals surface area contributed by atoms with E-state index in [1.54, 1.807) is 0 Å². The molecular weight excluding hydrogens is 687 g/mol. The summed E-state index contributed by atoms with van der Waals surface area (Å²) < 4.78 is 9.13. The number of fused-ring (bicyclic) bond motifs is 7. The van der Waals surface area contributed by atoms with Crippen molar-refractivity contribution in [2.75, 3.05) is 4.90 Å². The van der Waals surface area contributed by atoms with E-state index in [1.165, 1.54) is 90.9 Å². The van der Waals surface area contributed by atoms with Crippen molar-refractivity contribution >= 4 is 81.3 Å². The van der Waals surface area contributed by atoms with Gasteiger partial charge in [-0.1, -0.05) is 141 Å². The summed E-state index contributed by atoms with van der Waals surface area (Å²) in [7, 11) is 0. The van der Waals surface area contributed by atoms with E-state index < -0.39 is 0 Å². The van der Waals surface area contributed by atoms with Crippen molar-refractivity contribution in [1.82, 2.24) is 0 Å². The summed E-state index contributed by atoms with van der Waals surface area (Å²) in [6.45, 7) is 0. The lowest BCUT2D eigenvalue weighted by atomic mass is 9.80. The van der Waals surface area contributed by atoms with Gasteiger partial charge in [-0.2, -0.15) is 0 Å². The molecule has 55 heavy (non-hydrogen) atoms. The maximum Gasteiger partial charge on any atom is 0.137 e. The number of thiophene rings is 1. The highest BCUT2D eigenvalue weighted by molar-refractivity contribution is 7.25. The molecule has 0 unspecified atom stereocenters. The fourth-order valence-electron chi connectivity index (χ4n) is 9.40. The fourth-order valence-corrected chi connectivity index (χ4v) is 10.5. The topological polar surface area (TPSA) is 16.4 Å². The van der Waals surface area contributed by atoms with Gasteiger partial charge in [-0.05, 0) is 100 Å². The van der Waals surface area contributed by atoms with Crippen LogP contribution in [0.15, 0.2) is 174 Å². The number of hydrogen-bond acceptors (Lipinski definition) is 3. The highest BCUT2D eigenvalue weighted by Crippen LogP contribution is 2.49. The summed E-state index contributed by atoms with van der Waals surface area (Å²) >= 11 is 1.87. The van der Waals surface area contributed by atoms with Gasteiger partial charge < -0.3 is 9.32 Å². The predicted molar refractivity (Wildman–Crippen MR) is 235 cm³/mol. The third-order valence-electron chi connectivity index (χ3n) is 11.9. The van der Waals surface area contributed by atoms with Gasteiger partial charge in [0.15, 0.2) is 0 Å². The lowest BCUT2D eigenvalue weighted by Gasteiger charge is -2.29. The van der Waals surface area contributed by atoms with Crippen LogP contribution in [0.5, 0.6) is 0 Å². The summed E-state index contributed by atoms with van der Waals surface area (Å²) in [5, 5.41) is 7.59. The lowest BCUT2D eigenvalue weighted by Crippen LogP contribution is -2.12. The SMILES string of the molecule is c1ccc(N(c2ccc(-c3cccc4sc5ccccc5c34)cc2)c2cccc3oc4ccccc4c23)c(-c2cccc3cccc(C4CCCCC4)c23)c1. The number of rotatable bonds is 6. The van der Waals surface area contributed by atoms with E-state index in [9.17, 15) is 0 Å². The second kappa shape index (κ2) is 13.3. The molecule has 0 bridgehead atoms. The first-order chi connectivity index (χ1) is 27.3. The molecule has 1 aliphatic rings. The highest BCUT2D eigenvalue weighted by Gasteiger charge is 2.25. The molecule has 0 atom stereocenters. The Balaban J connectivity index is 1.14. The molecule has 2 aromatic heterocycles. The average molecular weight is 726 g/mol. The third kappa shape index (κ3) is 5.37. The number of hydrogen-bond donors (Lipinski definition) is 0. The molecule has 1 fully saturated rings. The molecule has 2 heterocycles. The standard InChI is InChI=1S/C52H39NOS/c1-2-14-34(15-3-1)38-21-10-16-36-17-11-23-41(50(36)38)40-18-4-7-24-44(40)53(45-25-13-27-47-52(45)42-19-5-8-26-46(42)54-47)37-32-30-35(31-33-37)39-22-12-29-49-51(39)43-20-6-9-28-48(43)55-49/h4-13,16-34H,1-3,14-15H2. The molecule has 264 valence electrons. The molecule has 3 heteroatoms. The van der Waals surface area contributed by atoms with E-state index in [0.717, 1.165) is 39.0 Å². The first-order valence-corrected chi connectivity index (χ1v) is 20.4. The summed E-state index contributed by atoms with van der Waals surface area (Å²) in [4.78, 5) is 2.46. The first kappa shape index (κ1) is 32.3. The number of para-hydroxylation sites is 2. The zero-order valence-corrected chi connectivity index (χ0v) is 31.4. The molecule has 8 aromatic carbocycles. The van der Waals surface area contributed by atoms with E-state index in [-0.39, 0.29) is 0 Å². The van der Waals surface area contributed by atoms with Crippen molar-refractivity contribution in [2.24, 2.45) is 0 Å². The van der Waals surface area contributed by atoms with Crippen LogP contribution in [0.3, 0.4) is 0 Å². The van der Waals surface area contributed by atoms with Gasteiger partial charge in [0, 0.05) is 36.8 Å². The molecule has 0 radical (unpaired) electrons. The monoisotopic (exact) mass is 725 g/mol. The molecule has 1 saturated carbocycles. The number of anilines is 3. The van der Waals surface area contributed by atoms with Crippen molar-refractivity contribution < 1.29 is 4.42 Å². The highest BCUT2D eigenvalue weighted by atomic mass is 32.1. The van der Waals surface area contributed by atoms with Crippen LogP contribution in [0.2, 0.25) is 0 Å². The number of nitrogens with zero attached hydrogens (tertiary/aromatic N) is 1. The van der Waals surface area contributed by atoms with Crippen LogP contribution < -0.4 is 4.90 Å². The predicted octanol–water partition coefficient (Wildman–Crippen LogP) is 16.0. The minimum Gasteiger partial charge on any atom is -0.456 e. The van der Waals surface area contributed by atoms with Crippen molar-refractivity contribution in [3.63, 3.8) is 0 Å². The second-order valence-electron chi connectivity index (χ2n) is 15.0. The van der Waals surface area contributed by atoms with E-state index in [0.29, 0.717) is 5.92 Å². The Kier molecular flexibility index (Phi) is 7.81. The van der Waals surface area contributed by atoms with Gasteiger partial charge in [0.1, 0.15) is 11.2 Å². The van der Waals surface area contributed by atoms with E-state index in [1.807, 2.05) is 11.3 Å². The van der Waals surface area contributed by atoms with Crippen LogP contribution in [-0.2, 0) is 0 Å². The zero-order valence-electron chi connectivity index (χ0n) is 30.5. The van der Waals surface area contributed by atoms with E-state index in [2.05, 4.69) is 175 Å². The fraction of sp³-hybridized carbons (Fsp3) is 0.115. The van der Waals surface area contributed by atoms with Crippen molar-refractivity contribution in [1.29, 1.82) is 0 Å². The van der Waals surface area contributed by atoms with Crippen LogP contribution in [-0.4, -0.2) is 0 Å². The van der Waals surface area contributed by atoms with Crippen molar-refractivity contribution in [3.05, 3.63) is 175 Å². The molecule has 11 rings (SSSR count). The summed E-state index contributed by atoms with van der Waals surface area (Å²) in [5.74, 6) is 0.588. The average Bonchev–Trinajstić information content (AvgIpc) is 3.83. The van der Waals surface area contributed by atoms with Gasteiger partial charge in [0.2, 0.25) is 0 Å². The van der Waals surface area contributed by atoms with Gasteiger partial charge in [-0.3, -0.25) is 0 Å². The normalized spacial score (nSPS) is 13.7. The van der Waals surface area contributed by atoms with Crippen LogP contribution >= 0.6 is 11.3 Å². The molecular formula is C52H39NOS. The van der Waals surface area contributed by atoms with Gasteiger partial charge in [-0.25, -0.2) is 0 Å². The van der Waals surface area contributed by atoms with Gasteiger partial charge in [-0.15, -0.1) is 11.3 Å². The van der Waals surface area contributed by atoms with Crippen LogP contribution in [0.25, 0.3) is 75.1 Å². The second-order valence-corrected chi connectivity index (χ2v) is 16.1. The zero-order chi connectivity index (χ0) is 36.3. The van der Waals surface area contributed by atoms with Crippen molar-refractivity contribution in [3.8, 4) is 22.3 Å². The molecule has 10 aromatic rings. The molecule has 0 amide bonds. The van der Waals surface area contributed by atoms with Gasteiger partial charge >= 0.3 is 0 Å². The van der Waals surface area contributed by atoms with Crippen LogP contribution in [0.1, 0.15) is 43.6 Å². The summed E-state index contributed by atoms with van der Waals surface area (Å²) in [5.41, 5.74) is 11.6. The Bertz CT molecular complexity index is 3030. The Labute approximate surface area is 324 Å². The van der Waals surface area contributed by atoms with Crippen LogP contribution in [0.4, 0.5) is 17.1 Å². The number of benzene rings is 8. The molecule has 2 nitrogen and oxygen atoms in total. The minimum atomic E-state index is 0.588. The maximum atomic E-state index is 6.49. The molecule has 0 N–H and O–H groups in total. The minimum absolute atomic E-state index is 0.588. The molecule has 0 saturated heterocycles. The first-order valence-electron chi connectivity index (χ1n) is 19.6. The largest absolute Gasteiger partial charge is 0.456 e. The Morgan fingerprint density at radius 2 is 1.11 bits per heavy atom. The Morgan fingerprint density at radius 1 is 0.455 bits per heavy atom. The van der Waals surface area contributed by atoms with E-state index in [4.69, 9.17) is 4.42 Å². The Morgan fingerprint density at radius 3 is 2.00 bits per heavy atom. The smallest absolute Gasteiger partial charge is 0.137 e. The number of furan rings is 1. The Hall–Kier alpha value is -6.16. The summed E-state index contributed by atoms with van der Waals surface area (Å²) in [6, 6.07) is 62.4. The maximum absolute atomic E-state index is 6.49. The molecule has 0 aliphatic heterocycles. The van der Waals surface area contributed by atoms with Crippen molar-refractivity contribution in [2.45, 2.75) is 38.0 Å². The lowest BCUT2D eigenvalue weighted by molar-refractivity contribution is 0.445. The van der Waals surface area contributed by atoms with Crippen LogP contribution in [0, 0.1) is 0 Å².